The highest BCUT2D eigenvalue weighted by molar-refractivity contribution is 5.78. The van der Waals surface area contributed by atoms with Gasteiger partial charge in [0, 0.05) is 13.2 Å². The number of amides is 1. The van der Waals surface area contributed by atoms with Gasteiger partial charge in [0.2, 0.25) is 5.91 Å². The Bertz CT molecular complexity index is 701. The second-order valence-electron chi connectivity index (χ2n) is 10.4. The van der Waals surface area contributed by atoms with Gasteiger partial charge in [0.15, 0.2) is 0 Å². The number of ether oxygens (including phenoxy) is 1. The molecule has 1 aromatic rings. The van der Waals surface area contributed by atoms with Crippen LogP contribution in [0.4, 0.5) is 0 Å². The molecular formula is C26H42N2O2. The van der Waals surface area contributed by atoms with Crippen LogP contribution in [0.25, 0.3) is 0 Å². The standard InChI is InChI=1S/C26H42N2O2/c1-6-28(24(29)20-30-7-2)23-12-13-26(22-11-9-8-10-21(22)23)15-18-27(19-16-26)17-14-25(3,4)5/h8-11,23H,6-7,12-20H2,1-5H3/t23-/m0/s1. The number of rotatable bonds is 7. The van der Waals surface area contributed by atoms with E-state index in [4.69, 9.17) is 4.74 Å². The van der Waals surface area contributed by atoms with Crippen LogP contribution < -0.4 is 0 Å². The number of likely N-dealkylation sites (N-methyl/N-ethyl adjacent to an activating group) is 1. The molecule has 0 unspecified atom stereocenters. The number of fused-ring (bicyclic) bond motifs is 2. The molecule has 0 aromatic heterocycles. The van der Waals surface area contributed by atoms with Crippen LogP contribution in [-0.2, 0) is 14.9 Å². The van der Waals surface area contributed by atoms with E-state index < -0.39 is 0 Å². The summed E-state index contributed by atoms with van der Waals surface area (Å²) in [5.74, 6) is 0.118. The molecule has 168 valence electrons. The van der Waals surface area contributed by atoms with Gasteiger partial charge in [-0.2, -0.15) is 0 Å². The highest BCUT2D eigenvalue weighted by Gasteiger charge is 2.43. The molecule has 1 aromatic carbocycles. The number of carbonyl (C=O) groups excluding carboxylic acids is 1. The molecule has 30 heavy (non-hydrogen) atoms. The third-order valence-electron chi connectivity index (χ3n) is 7.25. The molecule has 4 heteroatoms. The molecule has 1 spiro atoms. The molecule has 4 nitrogen and oxygen atoms in total. The molecule has 1 aliphatic carbocycles. The molecule has 1 atom stereocenters. The van der Waals surface area contributed by atoms with Crippen molar-refractivity contribution < 1.29 is 9.53 Å². The maximum atomic E-state index is 12.8. The maximum Gasteiger partial charge on any atom is 0.249 e. The van der Waals surface area contributed by atoms with E-state index in [2.05, 4.69) is 56.9 Å². The first kappa shape index (κ1) is 23.3. The monoisotopic (exact) mass is 414 g/mol. The summed E-state index contributed by atoms with van der Waals surface area (Å²) in [4.78, 5) is 17.5. The summed E-state index contributed by atoms with van der Waals surface area (Å²) < 4.78 is 5.43. The minimum absolute atomic E-state index is 0.118. The van der Waals surface area contributed by atoms with Gasteiger partial charge in [-0.05, 0) is 87.5 Å². The molecule has 0 N–H and O–H groups in total. The van der Waals surface area contributed by atoms with E-state index in [-0.39, 0.29) is 24.0 Å². The lowest BCUT2D eigenvalue weighted by molar-refractivity contribution is -0.138. The van der Waals surface area contributed by atoms with Crippen LogP contribution in [0.1, 0.15) is 83.9 Å². The fourth-order valence-electron chi connectivity index (χ4n) is 5.36. The first-order chi connectivity index (χ1) is 14.3. The van der Waals surface area contributed by atoms with Gasteiger partial charge in [-0.15, -0.1) is 0 Å². The lowest BCUT2D eigenvalue weighted by atomic mass is 9.63. The molecule has 2 aliphatic rings. The Labute approximate surface area is 184 Å². The minimum atomic E-state index is 0.118. The Hall–Kier alpha value is -1.39. The average Bonchev–Trinajstić information content (AvgIpc) is 2.73. The third-order valence-corrected chi connectivity index (χ3v) is 7.25. The summed E-state index contributed by atoms with van der Waals surface area (Å²) >= 11 is 0. The molecule has 1 saturated heterocycles. The summed E-state index contributed by atoms with van der Waals surface area (Å²) in [6.45, 7) is 16.1. The quantitative estimate of drug-likeness (QED) is 0.616. The number of nitrogens with zero attached hydrogens (tertiary/aromatic N) is 2. The van der Waals surface area contributed by atoms with Crippen LogP contribution in [0.15, 0.2) is 24.3 Å². The van der Waals surface area contributed by atoms with Crippen molar-refractivity contribution >= 4 is 5.91 Å². The number of likely N-dealkylation sites (tertiary alicyclic amines) is 1. The molecular weight excluding hydrogens is 372 g/mol. The Morgan fingerprint density at radius 2 is 1.87 bits per heavy atom. The molecule has 0 saturated carbocycles. The van der Waals surface area contributed by atoms with Crippen LogP contribution in [0.3, 0.4) is 0 Å². The van der Waals surface area contributed by atoms with Crippen molar-refractivity contribution in [3.05, 3.63) is 35.4 Å². The number of carbonyl (C=O) groups is 1. The zero-order chi connectivity index (χ0) is 21.8. The van der Waals surface area contributed by atoms with Crippen LogP contribution in [0, 0.1) is 5.41 Å². The van der Waals surface area contributed by atoms with E-state index in [0.717, 1.165) is 13.0 Å². The van der Waals surface area contributed by atoms with Crippen molar-refractivity contribution in [3.8, 4) is 0 Å². The topological polar surface area (TPSA) is 32.8 Å². The fourth-order valence-corrected chi connectivity index (χ4v) is 5.36. The predicted molar refractivity (Wildman–Crippen MR) is 124 cm³/mol. The van der Waals surface area contributed by atoms with Gasteiger partial charge in [-0.3, -0.25) is 4.79 Å². The summed E-state index contributed by atoms with van der Waals surface area (Å²) in [6, 6.07) is 9.12. The Kier molecular flexibility index (Phi) is 7.62. The van der Waals surface area contributed by atoms with Crippen LogP contribution in [-0.4, -0.2) is 55.1 Å². The number of piperidine rings is 1. The van der Waals surface area contributed by atoms with Gasteiger partial charge in [0.25, 0.3) is 0 Å². The largest absolute Gasteiger partial charge is 0.372 e. The van der Waals surface area contributed by atoms with E-state index in [1.807, 2.05) is 11.8 Å². The lowest BCUT2D eigenvalue weighted by Crippen LogP contribution is -2.47. The Morgan fingerprint density at radius 1 is 1.17 bits per heavy atom. The number of hydrogen-bond acceptors (Lipinski definition) is 3. The summed E-state index contributed by atoms with van der Waals surface area (Å²) in [7, 11) is 0. The van der Waals surface area contributed by atoms with E-state index in [1.54, 1.807) is 0 Å². The van der Waals surface area contributed by atoms with Gasteiger partial charge in [0.05, 0.1) is 6.04 Å². The molecule has 1 fully saturated rings. The minimum Gasteiger partial charge on any atom is -0.372 e. The van der Waals surface area contributed by atoms with E-state index >= 15 is 0 Å². The van der Waals surface area contributed by atoms with Crippen molar-refractivity contribution in [1.29, 1.82) is 0 Å². The van der Waals surface area contributed by atoms with Gasteiger partial charge in [-0.1, -0.05) is 45.0 Å². The first-order valence-electron chi connectivity index (χ1n) is 12.0. The highest BCUT2D eigenvalue weighted by Crippen LogP contribution is 2.49. The summed E-state index contributed by atoms with van der Waals surface area (Å²) in [5.41, 5.74) is 3.56. The molecule has 0 bridgehead atoms. The highest BCUT2D eigenvalue weighted by atomic mass is 16.5. The summed E-state index contributed by atoms with van der Waals surface area (Å²) in [6.07, 6.45) is 5.97. The first-order valence-corrected chi connectivity index (χ1v) is 12.0. The van der Waals surface area contributed by atoms with Gasteiger partial charge in [-0.25, -0.2) is 0 Å². The Morgan fingerprint density at radius 3 is 2.50 bits per heavy atom. The molecule has 3 rings (SSSR count). The lowest BCUT2D eigenvalue weighted by Gasteiger charge is -2.49. The zero-order valence-corrected chi connectivity index (χ0v) is 19.9. The number of benzene rings is 1. The summed E-state index contributed by atoms with van der Waals surface area (Å²) in [5, 5.41) is 0. The maximum absolute atomic E-state index is 12.8. The van der Waals surface area contributed by atoms with Crippen molar-refractivity contribution in [2.24, 2.45) is 5.41 Å². The molecule has 1 aliphatic heterocycles. The van der Waals surface area contributed by atoms with Gasteiger partial charge >= 0.3 is 0 Å². The van der Waals surface area contributed by atoms with Gasteiger partial charge < -0.3 is 14.5 Å². The van der Waals surface area contributed by atoms with Crippen LogP contribution in [0.5, 0.6) is 0 Å². The second kappa shape index (κ2) is 9.82. The van der Waals surface area contributed by atoms with Crippen LogP contribution >= 0.6 is 0 Å². The molecule has 1 heterocycles. The van der Waals surface area contributed by atoms with Crippen molar-refractivity contribution in [2.45, 2.75) is 78.2 Å². The fraction of sp³-hybridized carbons (Fsp3) is 0.731. The second-order valence-corrected chi connectivity index (χ2v) is 10.4. The zero-order valence-electron chi connectivity index (χ0n) is 19.9. The molecule has 1 amide bonds. The predicted octanol–water partition coefficient (Wildman–Crippen LogP) is 5.18. The SMILES string of the molecule is CCOCC(=O)N(CC)[C@H]1CCC2(CCN(CCC(C)(C)C)CC2)c2ccccc21. The Balaban J connectivity index is 1.75. The molecule has 0 radical (unpaired) electrons. The normalized spacial score (nSPS) is 21.4. The van der Waals surface area contributed by atoms with E-state index in [0.29, 0.717) is 12.0 Å². The van der Waals surface area contributed by atoms with E-state index in [9.17, 15) is 4.79 Å². The van der Waals surface area contributed by atoms with Crippen LogP contribution in [0.2, 0.25) is 0 Å². The van der Waals surface area contributed by atoms with Crippen molar-refractivity contribution in [3.63, 3.8) is 0 Å². The smallest absolute Gasteiger partial charge is 0.249 e. The van der Waals surface area contributed by atoms with Crippen molar-refractivity contribution in [1.82, 2.24) is 9.80 Å². The third kappa shape index (κ3) is 5.26. The van der Waals surface area contributed by atoms with E-state index in [1.165, 1.54) is 56.4 Å². The number of hydrogen-bond donors (Lipinski definition) is 0. The van der Waals surface area contributed by atoms with Crippen molar-refractivity contribution in [2.75, 3.05) is 39.4 Å². The van der Waals surface area contributed by atoms with Gasteiger partial charge in [0.1, 0.15) is 6.61 Å². The average molecular weight is 415 g/mol.